The lowest BCUT2D eigenvalue weighted by Gasteiger charge is -2.24. The molecule has 0 aromatic heterocycles. The summed E-state index contributed by atoms with van der Waals surface area (Å²) in [6.07, 6.45) is -1.85. The molecule has 0 rings (SSSR count). The summed E-state index contributed by atoms with van der Waals surface area (Å²) >= 11 is 22.0. The van der Waals surface area contributed by atoms with Crippen LogP contribution in [0.3, 0.4) is 0 Å². The van der Waals surface area contributed by atoms with Crippen LogP contribution in [0, 0.1) is 0 Å². The van der Waals surface area contributed by atoms with Crippen LogP contribution in [0.4, 0.5) is 4.79 Å². The standard InChI is InChI=1S/C6H9Cl4NO3/c1-13-5(12)11-4(6(8,9)10)14-3-2-7/h4H,2-3H2,1H3,(H,11,12)/t4-/m0/s1. The van der Waals surface area contributed by atoms with Crippen molar-refractivity contribution in [2.24, 2.45) is 0 Å². The van der Waals surface area contributed by atoms with Gasteiger partial charge in [-0.3, -0.25) is 5.32 Å². The highest BCUT2D eigenvalue weighted by atomic mass is 35.6. The highest BCUT2D eigenvalue weighted by Crippen LogP contribution is 2.30. The van der Waals surface area contributed by atoms with E-state index in [0.29, 0.717) is 0 Å². The minimum Gasteiger partial charge on any atom is -0.453 e. The van der Waals surface area contributed by atoms with E-state index in [1.807, 2.05) is 0 Å². The van der Waals surface area contributed by atoms with E-state index < -0.39 is 16.1 Å². The monoisotopic (exact) mass is 283 g/mol. The van der Waals surface area contributed by atoms with Crippen LogP contribution in [0.2, 0.25) is 0 Å². The van der Waals surface area contributed by atoms with Crippen molar-refractivity contribution in [3.8, 4) is 0 Å². The number of amides is 1. The van der Waals surface area contributed by atoms with E-state index >= 15 is 0 Å². The molecule has 0 heterocycles. The Morgan fingerprint density at radius 3 is 2.43 bits per heavy atom. The van der Waals surface area contributed by atoms with Crippen molar-refractivity contribution < 1.29 is 14.3 Å². The summed E-state index contributed by atoms with van der Waals surface area (Å²) in [4.78, 5) is 10.8. The van der Waals surface area contributed by atoms with Crippen molar-refractivity contribution in [3.05, 3.63) is 0 Å². The van der Waals surface area contributed by atoms with Crippen LogP contribution in [0.1, 0.15) is 0 Å². The molecule has 0 saturated carbocycles. The third kappa shape index (κ3) is 5.98. The molecule has 0 fully saturated rings. The molecule has 0 aromatic carbocycles. The normalized spacial score (nSPS) is 13.5. The zero-order valence-electron chi connectivity index (χ0n) is 7.23. The Bertz CT molecular complexity index is 184. The Morgan fingerprint density at radius 1 is 1.50 bits per heavy atom. The SMILES string of the molecule is COC(=O)N[C@@H](OCCCl)C(Cl)(Cl)Cl. The third-order valence-electron chi connectivity index (χ3n) is 1.09. The van der Waals surface area contributed by atoms with Gasteiger partial charge in [0.2, 0.25) is 3.79 Å². The molecule has 84 valence electrons. The number of methoxy groups -OCH3 is 1. The molecule has 0 unspecified atom stereocenters. The molecule has 0 aliphatic carbocycles. The molecule has 0 spiro atoms. The van der Waals surface area contributed by atoms with Gasteiger partial charge < -0.3 is 9.47 Å². The quantitative estimate of drug-likeness (QED) is 0.636. The van der Waals surface area contributed by atoms with Crippen LogP contribution in [0.5, 0.6) is 0 Å². The van der Waals surface area contributed by atoms with Crippen LogP contribution < -0.4 is 5.32 Å². The average molecular weight is 285 g/mol. The van der Waals surface area contributed by atoms with Gasteiger partial charge in [-0.25, -0.2) is 4.79 Å². The molecule has 0 aliphatic rings. The van der Waals surface area contributed by atoms with Gasteiger partial charge in [0.05, 0.1) is 13.7 Å². The Balaban J connectivity index is 4.18. The highest BCUT2D eigenvalue weighted by molar-refractivity contribution is 6.68. The second-order valence-electron chi connectivity index (χ2n) is 2.12. The molecule has 1 N–H and O–H groups in total. The Kier molecular flexibility index (Phi) is 6.99. The fourth-order valence-electron chi connectivity index (χ4n) is 0.546. The molecular weight excluding hydrogens is 276 g/mol. The first-order valence-electron chi connectivity index (χ1n) is 3.50. The molecule has 0 aromatic rings. The van der Waals surface area contributed by atoms with E-state index in [0.717, 1.165) is 0 Å². The smallest absolute Gasteiger partial charge is 0.409 e. The molecule has 0 radical (unpaired) electrons. The highest BCUT2D eigenvalue weighted by Gasteiger charge is 2.35. The lowest BCUT2D eigenvalue weighted by molar-refractivity contribution is 0.0402. The van der Waals surface area contributed by atoms with Crippen LogP contribution >= 0.6 is 46.4 Å². The summed E-state index contributed by atoms with van der Waals surface area (Å²) in [7, 11) is 1.19. The van der Waals surface area contributed by atoms with E-state index in [4.69, 9.17) is 51.1 Å². The largest absolute Gasteiger partial charge is 0.453 e. The number of alkyl halides is 4. The molecule has 0 bridgehead atoms. The topological polar surface area (TPSA) is 47.6 Å². The number of rotatable bonds is 4. The van der Waals surface area contributed by atoms with Crippen LogP contribution in [0.15, 0.2) is 0 Å². The van der Waals surface area contributed by atoms with Crippen molar-refractivity contribution in [3.63, 3.8) is 0 Å². The van der Waals surface area contributed by atoms with Gasteiger partial charge in [-0.1, -0.05) is 34.8 Å². The van der Waals surface area contributed by atoms with E-state index in [1.165, 1.54) is 7.11 Å². The van der Waals surface area contributed by atoms with Crippen molar-refractivity contribution >= 4 is 52.5 Å². The van der Waals surface area contributed by atoms with Crippen molar-refractivity contribution in [1.82, 2.24) is 5.32 Å². The fraction of sp³-hybridized carbons (Fsp3) is 0.833. The first kappa shape index (κ1) is 14.4. The van der Waals surface area contributed by atoms with E-state index in [9.17, 15) is 4.79 Å². The Morgan fingerprint density at radius 2 is 2.07 bits per heavy atom. The summed E-state index contributed by atoms with van der Waals surface area (Å²) in [5, 5.41) is 2.20. The van der Waals surface area contributed by atoms with Gasteiger partial charge in [-0.05, 0) is 0 Å². The van der Waals surface area contributed by atoms with Gasteiger partial charge in [-0.15, -0.1) is 11.6 Å². The number of alkyl carbamates (subject to hydrolysis) is 1. The van der Waals surface area contributed by atoms with Gasteiger partial charge in [0.1, 0.15) is 0 Å². The maximum atomic E-state index is 10.8. The number of hydrogen-bond donors (Lipinski definition) is 1. The fourth-order valence-corrected chi connectivity index (χ4v) is 0.988. The van der Waals surface area contributed by atoms with Crippen LogP contribution in [-0.2, 0) is 9.47 Å². The number of carbonyl (C=O) groups is 1. The minimum absolute atomic E-state index is 0.143. The predicted molar refractivity (Wildman–Crippen MR) is 56.3 cm³/mol. The second-order valence-corrected chi connectivity index (χ2v) is 4.86. The number of hydrogen-bond acceptors (Lipinski definition) is 3. The maximum absolute atomic E-state index is 10.8. The van der Waals surface area contributed by atoms with Crippen molar-refractivity contribution in [2.45, 2.75) is 10.0 Å². The molecular formula is C6H9Cl4NO3. The zero-order valence-corrected chi connectivity index (χ0v) is 10.3. The van der Waals surface area contributed by atoms with Crippen LogP contribution in [0.25, 0.3) is 0 Å². The van der Waals surface area contributed by atoms with Gasteiger partial charge in [-0.2, -0.15) is 0 Å². The lowest BCUT2D eigenvalue weighted by atomic mass is 10.6. The molecule has 8 heteroatoms. The van der Waals surface area contributed by atoms with E-state index in [1.54, 1.807) is 0 Å². The number of halogens is 4. The van der Waals surface area contributed by atoms with Crippen molar-refractivity contribution in [1.29, 1.82) is 0 Å². The molecule has 14 heavy (non-hydrogen) atoms. The van der Waals surface area contributed by atoms with Crippen LogP contribution in [-0.4, -0.2) is 35.7 Å². The summed E-state index contributed by atoms with van der Waals surface area (Å²) < 4.78 is 7.53. The Labute approximate surface area is 102 Å². The molecule has 0 aliphatic heterocycles. The van der Waals surface area contributed by atoms with E-state index in [2.05, 4.69) is 10.1 Å². The Hall–Kier alpha value is 0.390. The summed E-state index contributed by atoms with van der Waals surface area (Å²) in [6, 6.07) is 0. The first-order valence-corrected chi connectivity index (χ1v) is 5.17. The summed E-state index contributed by atoms with van der Waals surface area (Å²) in [5.74, 6) is 0.222. The number of nitrogens with one attached hydrogen (secondary N) is 1. The number of ether oxygens (including phenoxy) is 2. The summed E-state index contributed by atoms with van der Waals surface area (Å²) in [5.41, 5.74) is 0. The first-order chi connectivity index (χ1) is 6.41. The number of carbonyl (C=O) groups excluding carboxylic acids is 1. The minimum atomic E-state index is -1.78. The molecule has 1 amide bonds. The molecule has 1 atom stereocenters. The predicted octanol–water partition coefficient (Wildman–Crippen LogP) is 2.29. The maximum Gasteiger partial charge on any atom is 0.409 e. The molecule has 0 saturated heterocycles. The van der Waals surface area contributed by atoms with Gasteiger partial charge in [0.25, 0.3) is 0 Å². The van der Waals surface area contributed by atoms with Gasteiger partial charge in [0.15, 0.2) is 6.23 Å². The third-order valence-corrected chi connectivity index (χ3v) is 1.84. The zero-order chi connectivity index (χ0) is 11.2. The average Bonchev–Trinajstić information content (AvgIpc) is 2.09. The van der Waals surface area contributed by atoms with Gasteiger partial charge >= 0.3 is 6.09 Å². The van der Waals surface area contributed by atoms with Gasteiger partial charge in [0, 0.05) is 5.88 Å². The summed E-state index contributed by atoms with van der Waals surface area (Å²) in [6.45, 7) is 0.143. The second kappa shape index (κ2) is 6.80. The molecule has 4 nitrogen and oxygen atoms in total. The lowest BCUT2D eigenvalue weighted by Crippen LogP contribution is -2.46. The van der Waals surface area contributed by atoms with Crippen molar-refractivity contribution in [2.75, 3.05) is 19.6 Å². The van der Waals surface area contributed by atoms with E-state index in [-0.39, 0.29) is 12.5 Å².